The Morgan fingerprint density at radius 2 is 0.682 bits per heavy atom. The number of carbonyl (C=O) groups is 1. The molecule has 1 atom stereocenters. The predicted octanol–water partition coefficient (Wildman–Crippen LogP) is 2.33. The molecule has 0 saturated carbocycles. The Labute approximate surface area is 265 Å². The van der Waals surface area contributed by atoms with Crippen molar-refractivity contribution in [1.29, 1.82) is 0 Å². The van der Waals surface area contributed by atoms with Crippen molar-refractivity contribution in [3.8, 4) is 0 Å². The molecule has 0 bridgehead atoms. The molecule has 0 N–H and O–H groups in total. The molecule has 0 fully saturated rings. The maximum Gasteiger partial charge on any atom is 0.333 e. The van der Waals surface area contributed by atoms with E-state index in [4.69, 9.17) is 56.8 Å². The SMILES string of the molecule is C=C(C)C(=O)OCCOCCOCCOCCOCCOCCOCCOCCOCCOCCOCCOCC(C)CC. The van der Waals surface area contributed by atoms with Crippen LogP contribution in [0.4, 0.5) is 0 Å². The summed E-state index contributed by atoms with van der Waals surface area (Å²) in [6.45, 7) is 21.0. The highest BCUT2D eigenvalue weighted by Crippen LogP contribution is 2.00. The lowest BCUT2D eigenvalue weighted by atomic mass is 10.1. The van der Waals surface area contributed by atoms with Crippen LogP contribution in [0.5, 0.6) is 0 Å². The third-order valence-corrected chi connectivity index (χ3v) is 5.63. The molecule has 262 valence electrons. The Kier molecular flexibility index (Phi) is 35.2. The number of esters is 1. The van der Waals surface area contributed by atoms with E-state index in [0.717, 1.165) is 13.0 Å². The Balaban J connectivity index is 3.08. The molecule has 44 heavy (non-hydrogen) atoms. The maximum absolute atomic E-state index is 11.2. The van der Waals surface area contributed by atoms with Crippen molar-refractivity contribution in [3.05, 3.63) is 12.2 Å². The molecule has 0 saturated heterocycles. The Morgan fingerprint density at radius 3 is 0.909 bits per heavy atom. The number of ether oxygens (including phenoxy) is 12. The van der Waals surface area contributed by atoms with Gasteiger partial charge in [0.05, 0.1) is 139 Å². The number of hydrogen-bond donors (Lipinski definition) is 0. The van der Waals surface area contributed by atoms with Gasteiger partial charge in [-0.3, -0.25) is 0 Å². The fourth-order valence-electron chi connectivity index (χ4n) is 2.92. The molecule has 0 spiro atoms. The lowest BCUT2D eigenvalue weighted by Crippen LogP contribution is -2.16. The van der Waals surface area contributed by atoms with Crippen molar-refractivity contribution >= 4 is 5.97 Å². The molecule has 0 amide bonds. The Bertz CT molecular complexity index is 609. The van der Waals surface area contributed by atoms with E-state index >= 15 is 0 Å². The number of rotatable bonds is 37. The Morgan fingerprint density at radius 1 is 0.455 bits per heavy atom. The van der Waals surface area contributed by atoms with Crippen LogP contribution >= 0.6 is 0 Å². The topological polar surface area (TPSA) is 128 Å². The highest BCUT2D eigenvalue weighted by Gasteiger charge is 2.02. The van der Waals surface area contributed by atoms with Crippen LogP contribution in [0, 0.1) is 5.92 Å². The van der Waals surface area contributed by atoms with E-state index < -0.39 is 5.97 Å². The van der Waals surface area contributed by atoms with Crippen molar-refractivity contribution in [2.75, 3.05) is 152 Å². The highest BCUT2D eigenvalue weighted by molar-refractivity contribution is 5.86. The van der Waals surface area contributed by atoms with Gasteiger partial charge in [-0.25, -0.2) is 4.79 Å². The van der Waals surface area contributed by atoms with E-state index in [1.54, 1.807) is 6.92 Å². The van der Waals surface area contributed by atoms with E-state index in [9.17, 15) is 4.79 Å². The summed E-state index contributed by atoms with van der Waals surface area (Å²) in [5, 5.41) is 0. The molecule has 0 radical (unpaired) electrons. The van der Waals surface area contributed by atoms with Gasteiger partial charge in [0.15, 0.2) is 0 Å². The first-order valence-electron chi connectivity index (χ1n) is 15.8. The molecule has 13 heteroatoms. The van der Waals surface area contributed by atoms with Gasteiger partial charge in [-0.15, -0.1) is 0 Å². The zero-order valence-electron chi connectivity index (χ0n) is 27.6. The second-order valence-corrected chi connectivity index (χ2v) is 9.63. The van der Waals surface area contributed by atoms with Gasteiger partial charge in [0.2, 0.25) is 0 Å². The zero-order valence-corrected chi connectivity index (χ0v) is 27.6. The number of hydrogen-bond acceptors (Lipinski definition) is 13. The minimum atomic E-state index is -0.412. The Hall–Kier alpha value is -1.23. The van der Waals surface area contributed by atoms with Crippen LogP contribution in [0.25, 0.3) is 0 Å². The molecule has 0 rings (SSSR count). The summed E-state index contributed by atoms with van der Waals surface area (Å²) in [6.07, 6.45) is 1.13. The molecule has 0 aromatic heterocycles. The smallest absolute Gasteiger partial charge is 0.333 e. The second-order valence-electron chi connectivity index (χ2n) is 9.63. The lowest BCUT2D eigenvalue weighted by molar-refractivity contribution is -0.140. The van der Waals surface area contributed by atoms with Gasteiger partial charge >= 0.3 is 5.97 Å². The number of carbonyl (C=O) groups excluding carboxylic acids is 1. The van der Waals surface area contributed by atoms with Gasteiger partial charge in [-0.2, -0.15) is 0 Å². The molecule has 13 nitrogen and oxygen atoms in total. The molecule has 0 aliphatic heterocycles. The zero-order chi connectivity index (χ0) is 32.2. The van der Waals surface area contributed by atoms with Gasteiger partial charge in [-0.05, 0) is 12.8 Å². The summed E-state index contributed by atoms with van der Waals surface area (Å²) < 4.78 is 64.8. The van der Waals surface area contributed by atoms with Crippen molar-refractivity contribution in [2.45, 2.75) is 27.2 Å². The first-order chi connectivity index (χ1) is 21.6. The van der Waals surface area contributed by atoms with Gasteiger partial charge in [0.25, 0.3) is 0 Å². The molecular formula is C31H60O13. The van der Waals surface area contributed by atoms with Gasteiger partial charge in [0.1, 0.15) is 6.61 Å². The summed E-state index contributed by atoms with van der Waals surface area (Å²) in [4.78, 5) is 11.2. The highest BCUT2D eigenvalue weighted by atomic mass is 16.6. The van der Waals surface area contributed by atoms with E-state index in [0.29, 0.717) is 150 Å². The van der Waals surface area contributed by atoms with E-state index in [1.165, 1.54) is 0 Å². The first kappa shape index (κ1) is 42.8. The first-order valence-corrected chi connectivity index (χ1v) is 15.8. The molecular weight excluding hydrogens is 580 g/mol. The average Bonchev–Trinajstić information content (AvgIpc) is 3.02. The normalized spacial score (nSPS) is 12.1. The van der Waals surface area contributed by atoms with Crippen molar-refractivity contribution in [1.82, 2.24) is 0 Å². The van der Waals surface area contributed by atoms with Crippen LogP contribution < -0.4 is 0 Å². The third kappa shape index (κ3) is 35.3. The quantitative estimate of drug-likeness (QED) is 0.0560. The minimum absolute atomic E-state index is 0.200. The molecule has 1 unspecified atom stereocenters. The van der Waals surface area contributed by atoms with Gasteiger partial charge < -0.3 is 56.8 Å². The standard InChI is InChI=1S/C31H60O13/c1-5-30(4)28-43-25-24-41-21-20-39-17-16-37-13-12-35-9-8-33-6-7-34-10-11-36-14-15-38-18-19-40-22-23-42-26-27-44-31(32)29(2)3/h30H,2,5-28H2,1,3-4H3. The lowest BCUT2D eigenvalue weighted by Gasteiger charge is -2.10. The fraction of sp³-hybridized carbons (Fsp3) is 0.903. The summed E-state index contributed by atoms with van der Waals surface area (Å²) in [5.41, 5.74) is 0.371. The van der Waals surface area contributed by atoms with Gasteiger partial charge in [-0.1, -0.05) is 26.8 Å². The van der Waals surface area contributed by atoms with Crippen LogP contribution in [0.1, 0.15) is 27.2 Å². The maximum atomic E-state index is 11.2. The van der Waals surface area contributed by atoms with Crippen LogP contribution in [0.3, 0.4) is 0 Å². The van der Waals surface area contributed by atoms with Crippen LogP contribution in [0.15, 0.2) is 12.2 Å². The van der Waals surface area contributed by atoms with Crippen molar-refractivity contribution in [2.24, 2.45) is 5.92 Å². The minimum Gasteiger partial charge on any atom is -0.460 e. The fourth-order valence-corrected chi connectivity index (χ4v) is 2.92. The van der Waals surface area contributed by atoms with Crippen molar-refractivity contribution < 1.29 is 61.6 Å². The van der Waals surface area contributed by atoms with E-state index in [2.05, 4.69) is 20.4 Å². The summed E-state index contributed by atoms with van der Waals surface area (Å²) in [6, 6.07) is 0. The molecule has 0 aliphatic rings. The third-order valence-electron chi connectivity index (χ3n) is 5.63. The molecule has 0 aliphatic carbocycles. The summed E-state index contributed by atoms with van der Waals surface area (Å²) in [5.74, 6) is 0.183. The summed E-state index contributed by atoms with van der Waals surface area (Å²) in [7, 11) is 0. The van der Waals surface area contributed by atoms with Crippen LogP contribution in [0.2, 0.25) is 0 Å². The molecule has 0 heterocycles. The van der Waals surface area contributed by atoms with E-state index in [1.807, 2.05) is 0 Å². The monoisotopic (exact) mass is 640 g/mol. The van der Waals surface area contributed by atoms with Crippen molar-refractivity contribution in [3.63, 3.8) is 0 Å². The largest absolute Gasteiger partial charge is 0.460 e. The second kappa shape index (κ2) is 36.2. The molecule has 0 aromatic rings. The summed E-state index contributed by atoms with van der Waals surface area (Å²) >= 11 is 0. The van der Waals surface area contributed by atoms with Crippen LogP contribution in [-0.2, 0) is 61.6 Å². The van der Waals surface area contributed by atoms with Crippen LogP contribution in [-0.4, -0.2) is 158 Å². The predicted molar refractivity (Wildman–Crippen MR) is 164 cm³/mol. The molecule has 0 aromatic carbocycles. The average molecular weight is 641 g/mol. The van der Waals surface area contributed by atoms with Gasteiger partial charge in [0, 0.05) is 12.2 Å². The van der Waals surface area contributed by atoms with E-state index in [-0.39, 0.29) is 6.61 Å².